The Balaban J connectivity index is 1.50. The topological polar surface area (TPSA) is 38.9 Å². The van der Waals surface area contributed by atoms with Gasteiger partial charge in [-0.3, -0.25) is 14.3 Å². The van der Waals surface area contributed by atoms with Crippen LogP contribution in [0.5, 0.6) is 0 Å². The summed E-state index contributed by atoms with van der Waals surface area (Å²) in [6, 6.07) is 4.35. The van der Waals surface area contributed by atoms with Crippen LogP contribution in [0.15, 0.2) is 12.1 Å². The first-order valence-electron chi connectivity index (χ1n) is 11.6. The van der Waals surface area contributed by atoms with Gasteiger partial charge in [0.2, 0.25) is 0 Å². The molecule has 4 rings (SSSR count). The van der Waals surface area contributed by atoms with Gasteiger partial charge in [0, 0.05) is 17.9 Å². The maximum atomic E-state index is 4.73. The molecule has 2 aromatic rings. The van der Waals surface area contributed by atoms with Crippen molar-refractivity contribution in [1.29, 1.82) is 0 Å². The lowest BCUT2D eigenvalue weighted by Crippen LogP contribution is -2.40. The third-order valence-corrected chi connectivity index (χ3v) is 7.39. The first-order valence-corrected chi connectivity index (χ1v) is 11.6. The average molecular weight is 398 g/mol. The quantitative estimate of drug-likeness (QED) is 0.642. The van der Waals surface area contributed by atoms with Gasteiger partial charge >= 0.3 is 0 Å². The van der Waals surface area contributed by atoms with E-state index in [0.29, 0.717) is 5.41 Å². The van der Waals surface area contributed by atoms with Crippen molar-refractivity contribution >= 4 is 0 Å². The van der Waals surface area contributed by atoms with Crippen molar-refractivity contribution in [2.75, 3.05) is 6.54 Å². The fraction of sp³-hybridized carbons (Fsp3) is 0.750. The van der Waals surface area contributed by atoms with Crippen molar-refractivity contribution in [3.8, 4) is 0 Å². The predicted molar refractivity (Wildman–Crippen MR) is 118 cm³/mol. The van der Waals surface area contributed by atoms with Gasteiger partial charge in [-0.2, -0.15) is 10.2 Å². The van der Waals surface area contributed by atoms with Gasteiger partial charge in [-0.15, -0.1) is 0 Å². The van der Waals surface area contributed by atoms with Crippen molar-refractivity contribution in [3.63, 3.8) is 0 Å². The Hall–Kier alpha value is -1.62. The van der Waals surface area contributed by atoms with Gasteiger partial charge in [0.25, 0.3) is 0 Å². The molecule has 0 amide bonds. The first-order chi connectivity index (χ1) is 13.8. The van der Waals surface area contributed by atoms with E-state index in [1.165, 1.54) is 56.3 Å². The number of rotatable bonds is 7. The van der Waals surface area contributed by atoms with Gasteiger partial charge in [0.15, 0.2) is 0 Å². The van der Waals surface area contributed by atoms with Crippen LogP contribution in [-0.2, 0) is 13.3 Å². The van der Waals surface area contributed by atoms with E-state index in [1.807, 2.05) is 0 Å². The number of hydrogen-bond donors (Lipinski definition) is 0. The largest absolute Gasteiger partial charge is 0.265 e. The minimum atomic E-state index is 0.572. The highest BCUT2D eigenvalue weighted by Gasteiger charge is 2.41. The summed E-state index contributed by atoms with van der Waals surface area (Å²) in [7, 11) is 0. The van der Waals surface area contributed by atoms with Crippen LogP contribution < -0.4 is 0 Å². The summed E-state index contributed by atoms with van der Waals surface area (Å²) in [5.74, 6) is 1.88. The second-order valence-corrected chi connectivity index (χ2v) is 10.3. The SMILES string of the molecule is Cc1cc(C)n(CN(CCC23CCCC(CC(C)C2)C3)Cn2nc(C)cc2C)n1. The zero-order valence-electron chi connectivity index (χ0n) is 19.1. The van der Waals surface area contributed by atoms with Gasteiger partial charge in [0.1, 0.15) is 0 Å². The van der Waals surface area contributed by atoms with Crippen LogP contribution in [0.2, 0.25) is 0 Å². The molecule has 2 aliphatic rings. The highest BCUT2D eigenvalue weighted by Crippen LogP contribution is 2.52. The molecular formula is C24H39N5. The van der Waals surface area contributed by atoms with Crippen molar-refractivity contribution in [2.24, 2.45) is 17.3 Å². The third-order valence-electron chi connectivity index (χ3n) is 7.39. The Morgan fingerprint density at radius 2 is 1.62 bits per heavy atom. The molecule has 2 fully saturated rings. The molecule has 160 valence electrons. The molecule has 0 radical (unpaired) electrons. The average Bonchev–Trinajstić information content (AvgIpc) is 3.12. The molecule has 0 N–H and O–H groups in total. The minimum absolute atomic E-state index is 0.572. The predicted octanol–water partition coefficient (Wildman–Crippen LogP) is 5.23. The summed E-state index contributed by atoms with van der Waals surface area (Å²) in [5.41, 5.74) is 5.25. The molecule has 2 heterocycles. The summed E-state index contributed by atoms with van der Waals surface area (Å²) in [4.78, 5) is 2.55. The van der Waals surface area contributed by atoms with Crippen LogP contribution in [0.4, 0.5) is 0 Å². The first kappa shape index (κ1) is 20.6. The van der Waals surface area contributed by atoms with E-state index >= 15 is 0 Å². The minimum Gasteiger partial charge on any atom is -0.265 e. The van der Waals surface area contributed by atoms with Crippen LogP contribution in [0, 0.1) is 44.9 Å². The fourth-order valence-electron chi connectivity index (χ4n) is 6.29. The molecule has 5 heteroatoms. The number of fused-ring (bicyclic) bond motifs is 2. The monoisotopic (exact) mass is 397 g/mol. The van der Waals surface area contributed by atoms with E-state index in [4.69, 9.17) is 10.2 Å². The van der Waals surface area contributed by atoms with Crippen molar-refractivity contribution in [3.05, 3.63) is 34.9 Å². The highest BCUT2D eigenvalue weighted by molar-refractivity contribution is 5.07. The number of hydrogen-bond acceptors (Lipinski definition) is 3. The molecule has 0 spiro atoms. The second kappa shape index (κ2) is 8.25. The summed E-state index contributed by atoms with van der Waals surface area (Å²) in [6.07, 6.45) is 10.00. The van der Waals surface area contributed by atoms with Crippen molar-refractivity contribution in [1.82, 2.24) is 24.5 Å². The van der Waals surface area contributed by atoms with E-state index in [9.17, 15) is 0 Å². The zero-order chi connectivity index (χ0) is 20.6. The van der Waals surface area contributed by atoms with Crippen LogP contribution in [0.1, 0.15) is 74.6 Å². The molecule has 0 saturated heterocycles. The Morgan fingerprint density at radius 1 is 1.00 bits per heavy atom. The smallest absolute Gasteiger partial charge is 0.0946 e. The lowest BCUT2D eigenvalue weighted by Gasteiger charge is -2.48. The summed E-state index contributed by atoms with van der Waals surface area (Å²) in [6.45, 7) is 13.8. The van der Waals surface area contributed by atoms with Gasteiger partial charge in [-0.1, -0.05) is 19.8 Å². The molecule has 3 unspecified atom stereocenters. The van der Waals surface area contributed by atoms with Gasteiger partial charge in [-0.25, -0.2) is 0 Å². The third kappa shape index (κ3) is 4.76. The summed E-state index contributed by atoms with van der Waals surface area (Å²) < 4.78 is 4.32. The van der Waals surface area contributed by atoms with Gasteiger partial charge in [0.05, 0.1) is 24.7 Å². The highest BCUT2D eigenvalue weighted by atomic mass is 15.4. The molecule has 5 nitrogen and oxygen atoms in total. The Kier molecular flexibility index (Phi) is 5.87. The maximum absolute atomic E-state index is 4.73. The zero-order valence-corrected chi connectivity index (χ0v) is 19.1. The summed E-state index contributed by atoms with van der Waals surface area (Å²) in [5, 5.41) is 9.46. The van der Waals surface area contributed by atoms with Crippen LogP contribution in [0.3, 0.4) is 0 Å². The number of nitrogens with zero attached hydrogens (tertiary/aromatic N) is 5. The Labute approximate surface area is 176 Å². The van der Waals surface area contributed by atoms with Gasteiger partial charge in [-0.05, 0) is 89.2 Å². The van der Waals surface area contributed by atoms with Crippen molar-refractivity contribution < 1.29 is 0 Å². The lowest BCUT2D eigenvalue weighted by molar-refractivity contribution is 0.0197. The molecule has 29 heavy (non-hydrogen) atoms. The second-order valence-electron chi connectivity index (χ2n) is 10.3. The number of aryl methyl sites for hydroxylation is 4. The van der Waals surface area contributed by atoms with E-state index in [1.54, 1.807) is 0 Å². The molecule has 2 saturated carbocycles. The molecule has 2 aromatic heterocycles. The van der Waals surface area contributed by atoms with Crippen LogP contribution in [-0.4, -0.2) is 31.0 Å². The standard InChI is InChI=1S/C24H39N5/c1-18-11-23-7-6-8-24(14-18,15-23)9-10-27(16-28-21(4)12-19(2)25-28)17-29-22(5)13-20(3)26-29/h12-13,18,23H,6-11,14-17H2,1-5H3. The molecule has 3 atom stereocenters. The van der Waals surface area contributed by atoms with Crippen LogP contribution >= 0.6 is 0 Å². The maximum Gasteiger partial charge on any atom is 0.0946 e. The molecular weight excluding hydrogens is 358 g/mol. The van der Waals surface area contributed by atoms with Crippen molar-refractivity contribution in [2.45, 2.75) is 92.9 Å². The number of aromatic nitrogens is 4. The van der Waals surface area contributed by atoms with E-state index in [2.05, 4.69) is 61.0 Å². The lowest BCUT2D eigenvalue weighted by atomic mass is 9.58. The molecule has 0 aliphatic heterocycles. The van der Waals surface area contributed by atoms with Gasteiger partial charge < -0.3 is 0 Å². The Bertz CT molecular complexity index is 782. The van der Waals surface area contributed by atoms with E-state index in [-0.39, 0.29) is 0 Å². The fourth-order valence-corrected chi connectivity index (χ4v) is 6.29. The normalized spacial score (nSPS) is 27.0. The van der Waals surface area contributed by atoms with E-state index < -0.39 is 0 Å². The Morgan fingerprint density at radius 3 is 2.17 bits per heavy atom. The molecule has 2 bridgehead atoms. The van der Waals surface area contributed by atoms with Crippen LogP contribution in [0.25, 0.3) is 0 Å². The molecule has 0 aromatic carbocycles. The summed E-state index contributed by atoms with van der Waals surface area (Å²) >= 11 is 0. The van der Waals surface area contributed by atoms with E-state index in [0.717, 1.165) is 43.1 Å². The molecule has 2 aliphatic carbocycles.